The van der Waals surface area contributed by atoms with E-state index in [1.54, 1.807) is 13.8 Å². The highest BCUT2D eigenvalue weighted by Gasteiger charge is 2.36. The van der Waals surface area contributed by atoms with Crippen LogP contribution in [0.25, 0.3) is 5.57 Å². The lowest BCUT2D eigenvalue weighted by Gasteiger charge is -2.21. The van der Waals surface area contributed by atoms with Crippen molar-refractivity contribution in [3.8, 4) is 0 Å². The highest BCUT2D eigenvalue weighted by molar-refractivity contribution is 6.29. The molecular weight excluding hydrogens is 318 g/mol. The van der Waals surface area contributed by atoms with Gasteiger partial charge in [-0.05, 0) is 12.5 Å². The lowest BCUT2D eigenvalue weighted by Crippen LogP contribution is -2.32. The molecule has 23 heavy (non-hydrogen) atoms. The molecule has 6 nitrogen and oxygen atoms in total. The predicted molar refractivity (Wildman–Crippen MR) is 83.7 cm³/mol. The summed E-state index contributed by atoms with van der Waals surface area (Å²) >= 11 is 6.09. The molecule has 1 N–H and O–H groups in total. The van der Waals surface area contributed by atoms with Crippen LogP contribution in [0.1, 0.15) is 25.1 Å². The smallest absolute Gasteiger partial charge is 0.450 e. The van der Waals surface area contributed by atoms with Crippen molar-refractivity contribution in [2.24, 2.45) is 4.99 Å². The van der Waals surface area contributed by atoms with Gasteiger partial charge in [0.15, 0.2) is 5.15 Å². The highest BCUT2D eigenvalue weighted by atomic mass is 35.5. The summed E-state index contributed by atoms with van der Waals surface area (Å²) in [5, 5.41) is 18.3. The van der Waals surface area contributed by atoms with Crippen molar-refractivity contribution in [2.45, 2.75) is 26.0 Å². The van der Waals surface area contributed by atoms with E-state index in [2.05, 4.69) is 15.2 Å². The summed E-state index contributed by atoms with van der Waals surface area (Å²) in [6.45, 7) is 3.35. The van der Waals surface area contributed by atoms with Gasteiger partial charge < -0.3 is 9.84 Å². The van der Waals surface area contributed by atoms with Crippen molar-refractivity contribution in [2.75, 3.05) is 0 Å². The Morgan fingerprint density at radius 3 is 2.65 bits per heavy atom. The van der Waals surface area contributed by atoms with Gasteiger partial charge in [0.1, 0.15) is 5.36 Å². The first kappa shape index (κ1) is 15.4. The average molecular weight is 332 g/mol. The van der Waals surface area contributed by atoms with E-state index >= 15 is 0 Å². The van der Waals surface area contributed by atoms with Crippen molar-refractivity contribution in [1.29, 1.82) is 0 Å². The third-order valence-electron chi connectivity index (χ3n) is 3.88. The summed E-state index contributed by atoms with van der Waals surface area (Å²) in [7, 11) is 0. The maximum absolute atomic E-state index is 11.0. The van der Waals surface area contributed by atoms with Crippen LogP contribution in [-0.2, 0) is 11.2 Å². The molecule has 0 bridgehead atoms. The number of fused-ring (bicyclic) bond motifs is 1. The van der Waals surface area contributed by atoms with E-state index in [1.165, 1.54) is 0 Å². The molecule has 0 saturated carbocycles. The Balaban J connectivity index is 2.17. The van der Waals surface area contributed by atoms with E-state index in [1.807, 2.05) is 30.3 Å². The molecule has 3 rings (SSSR count). The first-order valence-electron chi connectivity index (χ1n) is 6.99. The van der Waals surface area contributed by atoms with Crippen LogP contribution >= 0.6 is 11.6 Å². The molecule has 0 fully saturated rings. The standard InChI is InChI=1S/C16H14ClN3O3/c1-9-12-11(8-10-6-4-3-5-7-10)19-20-14(17)13(12)18-16(9,2)23-15(21)22/h3-7H,8H2,1-2H3,(H,21,22). The molecule has 1 unspecified atom stereocenters. The largest absolute Gasteiger partial charge is 0.508 e. The minimum atomic E-state index is -1.40. The van der Waals surface area contributed by atoms with Crippen LogP contribution < -0.4 is 10.6 Å². The van der Waals surface area contributed by atoms with Crippen molar-refractivity contribution in [3.63, 3.8) is 0 Å². The summed E-state index contributed by atoms with van der Waals surface area (Å²) in [5.41, 5.74) is 1.09. The number of hydrogen-bond acceptors (Lipinski definition) is 5. The molecule has 1 aromatic carbocycles. The molecule has 1 aliphatic rings. The minimum Gasteiger partial charge on any atom is -0.450 e. The van der Waals surface area contributed by atoms with E-state index in [9.17, 15) is 4.79 Å². The summed E-state index contributed by atoms with van der Waals surface area (Å²) < 4.78 is 4.95. The van der Waals surface area contributed by atoms with Crippen LogP contribution in [0.4, 0.5) is 4.79 Å². The molecule has 118 valence electrons. The third kappa shape index (κ3) is 2.77. The number of rotatable bonds is 3. The molecule has 0 spiro atoms. The second-order valence-corrected chi connectivity index (χ2v) is 5.77. The van der Waals surface area contributed by atoms with Crippen LogP contribution in [0, 0.1) is 0 Å². The molecule has 0 saturated heterocycles. The molecule has 0 aliphatic carbocycles. The Hall–Kier alpha value is -2.47. The van der Waals surface area contributed by atoms with Gasteiger partial charge in [-0.2, -0.15) is 5.10 Å². The molecule has 1 aliphatic heterocycles. The molecule has 0 radical (unpaired) electrons. The molecular formula is C16H14ClN3O3. The number of hydrogen-bond donors (Lipinski definition) is 1. The number of ether oxygens (including phenoxy) is 1. The Bertz CT molecular complexity index is 899. The topological polar surface area (TPSA) is 84.7 Å². The van der Waals surface area contributed by atoms with Crippen molar-refractivity contribution < 1.29 is 14.6 Å². The zero-order valence-corrected chi connectivity index (χ0v) is 13.3. The maximum Gasteiger partial charge on any atom is 0.508 e. The van der Waals surface area contributed by atoms with Gasteiger partial charge in [-0.3, -0.25) is 0 Å². The Labute approximate surface area is 137 Å². The van der Waals surface area contributed by atoms with Gasteiger partial charge in [0.05, 0.1) is 5.69 Å². The number of nitrogens with zero attached hydrogens (tertiary/aromatic N) is 3. The number of carboxylic acid groups (broad SMARTS) is 1. The van der Waals surface area contributed by atoms with Crippen molar-refractivity contribution >= 4 is 23.3 Å². The van der Waals surface area contributed by atoms with Gasteiger partial charge in [-0.1, -0.05) is 41.9 Å². The van der Waals surface area contributed by atoms with Crippen LogP contribution in [0.3, 0.4) is 0 Å². The first-order chi connectivity index (χ1) is 10.9. The maximum atomic E-state index is 11.0. The fourth-order valence-electron chi connectivity index (χ4n) is 2.65. The van der Waals surface area contributed by atoms with Crippen LogP contribution in [0.5, 0.6) is 0 Å². The van der Waals surface area contributed by atoms with E-state index in [4.69, 9.17) is 21.4 Å². The Morgan fingerprint density at radius 2 is 2.00 bits per heavy atom. The van der Waals surface area contributed by atoms with E-state index in [0.29, 0.717) is 28.3 Å². The zero-order valence-electron chi connectivity index (χ0n) is 12.6. The number of benzene rings is 1. The van der Waals surface area contributed by atoms with Crippen LogP contribution in [0.15, 0.2) is 35.3 Å². The lowest BCUT2D eigenvalue weighted by molar-refractivity contribution is 0.0297. The number of aromatic nitrogens is 2. The van der Waals surface area contributed by atoms with Crippen LogP contribution in [0.2, 0.25) is 5.15 Å². The fraction of sp³-hybridized carbons (Fsp3) is 0.250. The summed E-state index contributed by atoms with van der Waals surface area (Å²) in [6.07, 6.45) is -0.853. The SMILES string of the molecule is CC1=c2c(Cc3ccccc3)nnc(Cl)c2=NC1(C)OC(=O)O. The molecule has 1 aromatic heterocycles. The van der Waals surface area contributed by atoms with Gasteiger partial charge in [0.2, 0.25) is 5.72 Å². The van der Waals surface area contributed by atoms with Crippen molar-refractivity contribution in [1.82, 2.24) is 10.2 Å². The monoisotopic (exact) mass is 331 g/mol. The van der Waals surface area contributed by atoms with Gasteiger partial charge in [0.25, 0.3) is 0 Å². The summed E-state index contributed by atoms with van der Waals surface area (Å²) in [6, 6.07) is 9.79. The van der Waals surface area contributed by atoms with E-state index < -0.39 is 11.9 Å². The van der Waals surface area contributed by atoms with E-state index in [-0.39, 0.29) is 5.15 Å². The molecule has 7 heteroatoms. The van der Waals surface area contributed by atoms with Gasteiger partial charge in [-0.25, -0.2) is 9.79 Å². The molecule has 0 amide bonds. The molecule has 2 aromatic rings. The lowest BCUT2D eigenvalue weighted by atomic mass is 10.0. The second-order valence-electron chi connectivity index (χ2n) is 5.41. The van der Waals surface area contributed by atoms with Gasteiger partial charge >= 0.3 is 6.16 Å². The Kier molecular flexibility index (Phi) is 3.77. The third-order valence-corrected chi connectivity index (χ3v) is 4.13. The molecule has 1 atom stereocenters. The van der Waals surface area contributed by atoms with Crippen molar-refractivity contribution in [3.05, 3.63) is 57.3 Å². The van der Waals surface area contributed by atoms with E-state index in [0.717, 1.165) is 5.56 Å². The highest BCUT2D eigenvalue weighted by Crippen LogP contribution is 2.25. The average Bonchev–Trinajstić information content (AvgIpc) is 2.76. The fourth-order valence-corrected chi connectivity index (χ4v) is 2.82. The Morgan fingerprint density at radius 1 is 1.30 bits per heavy atom. The minimum absolute atomic E-state index is 0.133. The summed E-state index contributed by atoms with van der Waals surface area (Å²) in [5.74, 6) is 0. The normalized spacial score (nSPS) is 19.2. The first-order valence-corrected chi connectivity index (χ1v) is 7.37. The number of carbonyl (C=O) groups is 1. The van der Waals surface area contributed by atoms with Gasteiger partial charge in [0, 0.05) is 24.1 Å². The van der Waals surface area contributed by atoms with Crippen LogP contribution in [-0.4, -0.2) is 27.2 Å². The quantitative estimate of drug-likeness (QED) is 0.869. The number of halogens is 1. The second kappa shape index (κ2) is 5.62. The summed E-state index contributed by atoms with van der Waals surface area (Å²) in [4.78, 5) is 15.3. The zero-order chi connectivity index (χ0) is 16.6. The predicted octanol–water partition coefficient (Wildman–Crippen LogP) is 1.94. The molecule has 2 heterocycles. The van der Waals surface area contributed by atoms with Gasteiger partial charge in [-0.15, -0.1) is 5.10 Å².